The van der Waals surface area contributed by atoms with Crippen LogP contribution in [0.25, 0.3) is 0 Å². The first kappa shape index (κ1) is 9.96. The number of rotatable bonds is 4. The third kappa shape index (κ3) is 3.09. The van der Waals surface area contributed by atoms with Crippen molar-refractivity contribution in [2.45, 2.75) is 38.3 Å². The Morgan fingerprint density at radius 3 is 2.83 bits per heavy atom. The lowest BCUT2D eigenvalue weighted by atomic mass is 10.1. The molecular formula is C9H19NO2. The van der Waals surface area contributed by atoms with Crippen LogP contribution in [0.15, 0.2) is 0 Å². The van der Waals surface area contributed by atoms with Gasteiger partial charge in [-0.15, -0.1) is 0 Å². The Morgan fingerprint density at radius 2 is 2.33 bits per heavy atom. The number of aliphatic hydroxyl groups excluding tert-OH is 1. The molecule has 1 aliphatic rings. The molecule has 0 saturated carbocycles. The summed E-state index contributed by atoms with van der Waals surface area (Å²) in [4.78, 5) is 0. The lowest BCUT2D eigenvalue weighted by molar-refractivity contribution is 0.0946. The van der Waals surface area contributed by atoms with Crippen molar-refractivity contribution in [2.75, 3.05) is 19.8 Å². The molecule has 0 aromatic carbocycles. The molecule has 1 rings (SSSR count). The molecule has 1 aliphatic heterocycles. The van der Waals surface area contributed by atoms with Gasteiger partial charge in [0, 0.05) is 18.7 Å². The molecule has 1 fully saturated rings. The predicted molar refractivity (Wildman–Crippen MR) is 48.1 cm³/mol. The summed E-state index contributed by atoms with van der Waals surface area (Å²) in [6, 6.07) is 0. The zero-order valence-corrected chi connectivity index (χ0v) is 7.97. The highest BCUT2D eigenvalue weighted by atomic mass is 16.5. The van der Waals surface area contributed by atoms with Crippen molar-refractivity contribution < 1.29 is 9.84 Å². The fourth-order valence-corrected chi connectivity index (χ4v) is 1.25. The molecule has 1 unspecified atom stereocenters. The molecule has 0 amide bonds. The summed E-state index contributed by atoms with van der Waals surface area (Å²) in [6.45, 7) is 5.89. The van der Waals surface area contributed by atoms with Gasteiger partial charge in [-0.3, -0.25) is 0 Å². The number of hydrogen-bond donors (Lipinski definition) is 2. The number of ether oxygens (including phenoxy) is 1. The van der Waals surface area contributed by atoms with Gasteiger partial charge in [0.1, 0.15) is 0 Å². The maximum Gasteiger partial charge on any atom is 0.0700 e. The van der Waals surface area contributed by atoms with Crippen LogP contribution >= 0.6 is 0 Å². The van der Waals surface area contributed by atoms with Crippen LogP contribution in [0.5, 0.6) is 0 Å². The Hall–Kier alpha value is -0.120. The van der Waals surface area contributed by atoms with Gasteiger partial charge in [0.15, 0.2) is 0 Å². The summed E-state index contributed by atoms with van der Waals surface area (Å²) in [6.07, 6.45) is 2.68. The van der Waals surface area contributed by atoms with E-state index in [0.717, 1.165) is 19.6 Å². The Bertz CT molecular complexity index is 130. The molecule has 0 aromatic heterocycles. The Labute approximate surface area is 74.1 Å². The average Bonchev–Trinajstić information content (AvgIpc) is 2.53. The molecule has 0 spiro atoms. The summed E-state index contributed by atoms with van der Waals surface area (Å²) in [5.74, 6) is 0. The van der Waals surface area contributed by atoms with Crippen molar-refractivity contribution in [3.63, 3.8) is 0 Å². The summed E-state index contributed by atoms with van der Waals surface area (Å²) < 4.78 is 5.45. The van der Waals surface area contributed by atoms with Crippen LogP contribution in [-0.4, -0.2) is 36.5 Å². The number of hydrogen-bond acceptors (Lipinski definition) is 3. The molecule has 12 heavy (non-hydrogen) atoms. The van der Waals surface area contributed by atoms with E-state index in [1.54, 1.807) is 0 Å². The van der Waals surface area contributed by atoms with Crippen molar-refractivity contribution >= 4 is 0 Å². The minimum absolute atomic E-state index is 0.166. The van der Waals surface area contributed by atoms with Crippen LogP contribution in [0.1, 0.15) is 26.7 Å². The normalized spacial score (nSPS) is 24.8. The standard InChI is InChI=1S/C9H19NO2/c1-9(2,7-11)10-6-8-4-3-5-12-8/h8,10-11H,3-7H2,1-2H3. The molecule has 1 atom stereocenters. The highest BCUT2D eigenvalue weighted by Gasteiger charge is 2.20. The van der Waals surface area contributed by atoms with E-state index in [4.69, 9.17) is 9.84 Å². The molecule has 0 radical (unpaired) electrons. The molecule has 72 valence electrons. The Morgan fingerprint density at radius 1 is 1.58 bits per heavy atom. The predicted octanol–water partition coefficient (Wildman–Crippen LogP) is 0.526. The van der Waals surface area contributed by atoms with Gasteiger partial charge in [-0.05, 0) is 26.7 Å². The lowest BCUT2D eigenvalue weighted by Crippen LogP contribution is -2.46. The van der Waals surface area contributed by atoms with Crippen molar-refractivity contribution in [2.24, 2.45) is 0 Å². The fraction of sp³-hybridized carbons (Fsp3) is 1.00. The number of nitrogens with one attached hydrogen (secondary N) is 1. The van der Waals surface area contributed by atoms with Gasteiger partial charge in [-0.25, -0.2) is 0 Å². The third-order valence-corrected chi connectivity index (χ3v) is 2.23. The third-order valence-electron chi connectivity index (χ3n) is 2.23. The monoisotopic (exact) mass is 173 g/mol. The van der Waals surface area contributed by atoms with E-state index >= 15 is 0 Å². The minimum Gasteiger partial charge on any atom is -0.394 e. The van der Waals surface area contributed by atoms with Crippen molar-refractivity contribution in [3.05, 3.63) is 0 Å². The first-order valence-corrected chi connectivity index (χ1v) is 4.61. The van der Waals surface area contributed by atoms with Gasteiger partial charge in [0.25, 0.3) is 0 Å². The second kappa shape index (κ2) is 4.21. The summed E-state index contributed by atoms with van der Waals surface area (Å²) in [5.41, 5.74) is -0.175. The first-order valence-electron chi connectivity index (χ1n) is 4.61. The molecule has 1 saturated heterocycles. The molecule has 3 nitrogen and oxygen atoms in total. The van der Waals surface area contributed by atoms with E-state index in [2.05, 4.69) is 5.32 Å². The van der Waals surface area contributed by atoms with Gasteiger partial charge in [-0.1, -0.05) is 0 Å². The highest BCUT2D eigenvalue weighted by Crippen LogP contribution is 2.11. The quantitative estimate of drug-likeness (QED) is 0.651. The van der Waals surface area contributed by atoms with E-state index < -0.39 is 0 Å². The van der Waals surface area contributed by atoms with E-state index in [1.165, 1.54) is 6.42 Å². The molecule has 0 bridgehead atoms. The van der Waals surface area contributed by atoms with Gasteiger partial charge in [-0.2, -0.15) is 0 Å². The van der Waals surface area contributed by atoms with Gasteiger partial charge >= 0.3 is 0 Å². The van der Waals surface area contributed by atoms with Crippen LogP contribution in [0.2, 0.25) is 0 Å². The zero-order valence-electron chi connectivity index (χ0n) is 7.97. The molecule has 2 N–H and O–H groups in total. The Kier molecular flexibility index (Phi) is 3.50. The van der Waals surface area contributed by atoms with E-state index in [9.17, 15) is 0 Å². The van der Waals surface area contributed by atoms with E-state index in [-0.39, 0.29) is 12.1 Å². The van der Waals surface area contributed by atoms with Gasteiger partial charge < -0.3 is 15.2 Å². The molecule has 0 aliphatic carbocycles. The van der Waals surface area contributed by atoms with Crippen LogP contribution in [0, 0.1) is 0 Å². The maximum atomic E-state index is 8.96. The summed E-state index contributed by atoms with van der Waals surface area (Å²) in [7, 11) is 0. The Balaban J connectivity index is 2.15. The summed E-state index contributed by atoms with van der Waals surface area (Å²) in [5, 5.41) is 12.2. The zero-order chi connectivity index (χ0) is 9.03. The average molecular weight is 173 g/mol. The highest BCUT2D eigenvalue weighted by molar-refractivity contribution is 4.79. The maximum absolute atomic E-state index is 8.96. The largest absolute Gasteiger partial charge is 0.394 e. The van der Waals surface area contributed by atoms with E-state index in [0.29, 0.717) is 6.10 Å². The smallest absolute Gasteiger partial charge is 0.0700 e. The van der Waals surface area contributed by atoms with Crippen molar-refractivity contribution in [3.8, 4) is 0 Å². The fourth-order valence-electron chi connectivity index (χ4n) is 1.25. The van der Waals surface area contributed by atoms with Crippen LogP contribution < -0.4 is 5.32 Å². The van der Waals surface area contributed by atoms with Crippen molar-refractivity contribution in [1.82, 2.24) is 5.32 Å². The van der Waals surface area contributed by atoms with Gasteiger partial charge in [0.05, 0.1) is 12.7 Å². The van der Waals surface area contributed by atoms with Gasteiger partial charge in [0.2, 0.25) is 0 Å². The summed E-state index contributed by atoms with van der Waals surface area (Å²) >= 11 is 0. The van der Waals surface area contributed by atoms with Crippen LogP contribution in [0.3, 0.4) is 0 Å². The molecular weight excluding hydrogens is 154 g/mol. The van der Waals surface area contributed by atoms with E-state index in [1.807, 2.05) is 13.8 Å². The van der Waals surface area contributed by atoms with Crippen molar-refractivity contribution in [1.29, 1.82) is 0 Å². The lowest BCUT2D eigenvalue weighted by Gasteiger charge is -2.25. The second-order valence-corrected chi connectivity index (χ2v) is 4.06. The minimum atomic E-state index is -0.175. The van der Waals surface area contributed by atoms with Crippen LogP contribution in [0.4, 0.5) is 0 Å². The molecule has 1 heterocycles. The SMILES string of the molecule is CC(C)(CO)NCC1CCCO1. The molecule has 3 heteroatoms. The van der Waals surface area contributed by atoms with Crippen LogP contribution in [-0.2, 0) is 4.74 Å². The topological polar surface area (TPSA) is 41.5 Å². The first-order chi connectivity index (χ1) is 5.64. The second-order valence-electron chi connectivity index (χ2n) is 4.06. The number of aliphatic hydroxyl groups is 1. The molecule has 0 aromatic rings.